The Morgan fingerprint density at radius 2 is 0.611 bits per heavy atom. The second-order valence-electron chi connectivity index (χ2n) is 0.168. The Bertz CT molecular complexity index is 139. The topological polar surface area (TPSA) is 119 Å². The quantitative estimate of drug-likeness (QED) is 0.256. The summed E-state index contributed by atoms with van der Waals surface area (Å²) in [6.07, 6.45) is 0. The maximum atomic E-state index is 7.50. The normalized spacial score (nSPS) is 3.50. The summed E-state index contributed by atoms with van der Waals surface area (Å²) in [5.41, 5.74) is 0. The van der Waals surface area contributed by atoms with Gasteiger partial charge in [0.25, 0.3) is 0 Å². The van der Waals surface area contributed by atoms with E-state index in [0.717, 1.165) is 0 Å². The van der Waals surface area contributed by atoms with E-state index in [9.17, 15) is 0 Å². The van der Waals surface area contributed by atoms with Crippen molar-refractivity contribution in [3.05, 3.63) is 39.9 Å². The molecule has 0 heterocycles. The van der Waals surface area contributed by atoms with Gasteiger partial charge in [-0.05, 0) is 0 Å². The van der Waals surface area contributed by atoms with Crippen LogP contribution >= 0.6 is 19.4 Å². The third-order valence-corrected chi connectivity index (χ3v) is 0. The fourth-order valence-corrected chi connectivity index (χ4v) is 0. The van der Waals surface area contributed by atoms with Gasteiger partial charge < -0.3 is 0 Å². The molecule has 105 valence electrons. The van der Waals surface area contributed by atoms with Crippen molar-refractivity contribution >= 4 is 19.4 Å². The molecule has 0 aliphatic carbocycles. The van der Waals surface area contributed by atoms with Crippen molar-refractivity contribution in [3.63, 3.8) is 0 Å². The van der Waals surface area contributed by atoms with Crippen LogP contribution in [0.15, 0.2) is 0 Å². The Morgan fingerprint density at radius 3 is 0.611 bits per heavy atom. The molecule has 18 heavy (non-hydrogen) atoms. The van der Waals surface area contributed by atoms with Crippen LogP contribution in [0.2, 0.25) is 0 Å². The summed E-state index contributed by atoms with van der Waals surface area (Å²) in [4.78, 5) is 0. The molecule has 0 aromatic carbocycles. The summed E-state index contributed by atoms with van der Waals surface area (Å²) < 4.78 is 45.0. The van der Waals surface area contributed by atoms with Crippen LogP contribution in [0.1, 0.15) is 0 Å². The van der Waals surface area contributed by atoms with Crippen LogP contribution in [-0.2, 0) is 58.2 Å². The van der Waals surface area contributed by atoms with Gasteiger partial charge in [0.2, 0.25) is 0 Å². The van der Waals surface area contributed by atoms with Crippen LogP contribution in [0.3, 0.4) is 0 Å². The molecule has 0 spiro atoms. The average molecular weight is 514 g/mol. The average Bonchev–Trinajstić information content (AvgIpc) is 2.52. The molecule has 6 nitrogen and oxygen atoms in total. The van der Waals surface area contributed by atoms with E-state index >= 15 is 0 Å². The third kappa shape index (κ3) is 5900. The van der Waals surface area contributed by atoms with E-state index in [-0.39, 0.29) is 0 Å². The van der Waals surface area contributed by atoms with E-state index in [4.69, 9.17) is 37.6 Å². The van der Waals surface area contributed by atoms with E-state index in [1.165, 1.54) is 0 Å². The summed E-state index contributed by atoms with van der Waals surface area (Å²) >= 11 is 0.291. The first kappa shape index (κ1) is 51.0. The number of hydrogen-bond donors (Lipinski definition) is 0. The Hall–Kier alpha value is 0.847. The van der Waals surface area contributed by atoms with Crippen LogP contribution in [0.25, 0.3) is 0 Å². The van der Waals surface area contributed by atoms with Crippen molar-refractivity contribution in [2.24, 2.45) is 0 Å². The fraction of sp³-hybridized carbons (Fsp3) is 0. The van der Waals surface area contributed by atoms with Crippen molar-refractivity contribution in [1.82, 2.24) is 0 Å². The first-order valence-corrected chi connectivity index (χ1v) is 11.1. The first-order chi connectivity index (χ1) is 8.73. The molecule has 0 N–H and O–H groups in total. The van der Waals surface area contributed by atoms with E-state index in [2.05, 4.69) is 69.0 Å². The molecule has 0 aromatic rings. The molecule has 0 aromatic heterocycles. The second-order valence-corrected chi connectivity index (χ2v) is 8.95. The summed E-state index contributed by atoms with van der Waals surface area (Å²) in [6, 6.07) is 0. The molecule has 0 radical (unpaired) electrons. The predicted molar refractivity (Wildman–Crippen MR) is 38.1 cm³/mol. The first-order valence-electron chi connectivity index (χ1n) is 1.78. The van der Waals surface area contributed by atoms with Gasteiger partial charge in [-0.3, -0.25) is 0 Å². The molecular weight excluding hydrogens is 512 g/mol. The van der Waals surface area contributed by atoms with Gasteiger partial charge in [0.1, 0.15) is 0 Å². The Balaban J connectivity index is -0.0000000109. The summed E-state index contributed by atoms with van der Waals surface area (Å²) in [6.45, 7) is 27.0. The minimum absolute atomic E-state index is 1.53. The standard InChI is InChI=1S/6CO.4ClH.2Ru/c6*1-2;;;;;;/h;;;;;;4*1H;;/q;;;;;;;;;;+1;+2/p-2. The number of halogens is 4. The molecule has 0 saturated carbocycles. The minimum atomic E-state index is -1.53. The van der Waals surface area contributed by atoms with Gasteiger partial charge in [-0.2, -0.15) is 0 Å². The zero-order chi connectivity index (χ0) is 17.6. The molecule has 0 aliphatic heterocycles. The van der Waals surface area contributed by atoms with E-state index in [0.29, 0.717) is 0 Å². The Morgan fingerprint density at radius 1 is 0.611 bits per heavy atom. The maximum absolute atomic E-state index is 7.50. The van der Waals surface area contributed by atoms with Crippen LogP contribution in [0.4, 0.5) is 0 Å². The molecule has 0 fully saturated rings. The number of hydrogen-bond acceptors (Lipinski definition) is 0. The molecule has 0 amide bonds. The van der Waals surface area contributed by atoms with Gasteiger partial charge in [-0.1, -0.05) is 0 Å². The molecule has 0 saturated heterocycles. The van der Waals surface area contributed by atoms with Crippen LogP contribution in [0.5, 0.6) is 0 Å². The van der Waals surface area contributed by atoms with Gasteiger partial charge in [0.05, 0.1) is 0 Å². The van der Waals surface area contributed by atoms with Crippen LogP contribution < -0.4 is 0 Å². The van der Waals surface area contributed by atoms with Crippen LogP contribution in [-0.4, -0.2) is 0 Å². The second kappa shape index (κ2) is 342. The fourth-order valence-electron chi connectivity index (χ4n) is 0. The van der Waals surface area contributed by atoms with Crippen molar-refractivity contribution in [1.29, 1.82) is 0 Å². The van der Waals surface area contributed by atoms with Crippen LogP contribution in [0, 0.1) is 59.3 Å². The molecule has 0 bridgehead atoms. The zero-order valence-electron chi connectivity index (χ0n) is 7.73. The van der Waals surface area contributed by atoms with Crippen molar-refractivity contribution in [3.8, 4) is 0 Å². The third-order valence-electron chi connectivity index (χ3n) is 0. The van der Waals surface area contributed by atoms with E-state index in [1.807, 2.05) is 17.3 Å². The van der Waals surface area contributed by atoms with Crippen molar-refractivity contribution in [2.45, 2.75) is 0 Å². The summed E-state index contributed by atoms with van der Waals surface area (Å²) in [5.74, 6) is 0. The van der Waals surface area contributed by atoms with E-state index in [1.54, 1.807) is 0 Å². The van der Waals surface area contributed by atoms with Crippen molar-refractivity contribution in [2.75, 3.05) is 0 Å². The molecule has 0 rings (SSSR count). The predicted octanol–water partition coefficient (Wildman–Crippen LogP) is 0.614. The van der Waals surface area contributed by atoms with Gasteiger partial charge in [0.15, 0.2) is 0 Å². The Kier molecular flexibility index (Phi) is 970. The van der Waals surface area contributed by atoms with Gasteiger partial charge in [-0.25, -0.2) is 0 Å². The summed E-state index contributed by atoms with van der Waals surface area (Å²) in [5, 5.41) is 0. The van der Waals surface area contributed by atoms with Gasteiger partial charge in [-0.15, -0.1) is 0 Å². The Labute approximate surface area is 136 Å². The molecule has 12 heteroatoms. The molecular formula is C6H2Cl4O6Ru2+. The molecule has 0 unspecified atom stereocenters. The molecule has 0 aliphatic rings. The van der Waals surface area contributed by atoms with Gasteiger partial charge >= 0.3 is 137 Å². The van der Waals surface area contributed by atoms with Gasteiger partial charge in [0, 0.05) is 0 Å². The monoisotopic (exact) mass is 514 g/mol. The van der Waals surface area contributed by atoms with E-state index < -0.39 is 13.0 Å². The number of rotatable bonds is 0. The summed E-state index contributed by atoms with van der Waals surface area (Å²) in [7, 11) is 18.3. The van der Waals surface area contributed by atoms with Crippen molar-refractivity contribution < 1.29 is 77.6 Å². The zero-order valence-corrected chi connectivity index (χ0v) is 14.4. The SMILES string of the molecule is [C-]#[O+].[C-]#[O+].[C-]#[O+].[C-]#[O+].[C-]#[O+].[C-]#[O+].[Cl][Ru-]([ClH+])[ClH+].[Cl][Ru]. The molecule has 0 atom stereocenters.